The first-order valence-electron chi connectivity index (χ1n) is 19.5. The van der Waals surface area contributed by atoms with Gasteiger partial charge in [0.05, 0.1) is 26.6 Å². The number of ketones is 2. The summed E-state index contributed by atoms with van der Waals surface area (Å²) < 4.78 is 65.0. The maximum atomic E-state index is 13.2. The molecule has 1 aliphatic carbocycles. The predicted molar refractivity (Wildman–Crippen MR) is 211 cm³/mol. The Labute approximate surface area is 338 Å². The van der Waals surface area contributed by atoms with Crippen molar-refractivity contribution in [1.29, 1.82) is 0 Å². The van der Waals surface area contributed by atoms with Crippen LogP contribution in [0.25, 0.3) is 5.57 Å². The lowest BCUT2D eigenvalue weighted by Crippen LogP contribution is -2.24. The highest BCUT2D eigenvalue weighted by atomic mass is 19.4. The van der Waals surface area contributed by atoms with Crippen LogP contribution in [0.2, 0.25) is 0 Å². The van der Waals surface area contributed by atoms with E-state index in [-0.39, 0.29) is 35.4 Å². The number of hydrogen-bond donors (Lipinski definition) is 0. The molecule has 4 rings (SSSR count). The first kappa shape index (κ1) is 46.8. The van der Waals surface area contributed by atoms with Gasteiger partial charge in [-0.1, -0.05) is 113 Å². The van der Waals surface area contributed by atoms with E-state index in [0.717, 1.165) is 19.3 Å². The van der Waals surface area contributed by atoms with Crippen LogP contribution in [0.15, 0.2) is 72.2 Å². The number of hydrogen-bond acceptors (Lipinski definition) is 11. The van der Waals surface area contributed by atoms with Crippen molar-refractivity contribution in [2.45, 2.75) is 117 Å². The molecule has 0 N–H and O–H groups in total. The molecule has 14 heteroatoms. The van der Waals surface area contributed by atoms with Crippen LogP contribution in [0.5, 0.6) is 11.9 Å². The Morgan fingerprint density at radius 3 is 1.97 bits per heavy atom. The number of unbranched alkanes of at least 4 members (excludes halogenated alkanes) is 9. The van der Waals surface area contributed by atoms with Gasteiger partial charge in [0.2, 0.25) is 11.7 Å². The lowest BCUT2D eigenvalue weighted by atomic mass is 9.86. The standard InChI is InChI=1S/C24H32O4.C20H21F3N2O5/c1-3-4-5-6-7-8-9-10-11-12-17-21-22(26)19-15-13-14-16-20(19)23(27)24(21)28-18(2)25;1-12(2)30-19-24-16(20(21,22)23)9-17(25-19)29-10-13-7-5-6-8-14(13)15(11-27-3)18(26)28-4/h13-16H,3-12,17H2,1-2H3;5-9,11-12H,10H2,1-4H3/b;15-11+. The molecule has 11 nitrogen and oxygen atoms in total. The zero-order valence-corrected chi connectivity index (χ0v) is 34.0. The summed E-state index contributed by atoms with van der Waals surface area (Å²) in [6, 6.07) is 13.6. The highest BCUT2D eigenvalue weighted by molar-refractivity contribution is 6.26. The zero-order chi connectivity index (χ0) is 42.7. The van der Waals surface area contributed by atoms with E-state index in [1.165, 1.54) is 72.4 Å². The lowest BCUT2D eigenvalue weighted by molar-refractivity contribution is -0.142. The molecule has 0 amide bonds. The summed E-state index contributed by atoms with van der Waals surface area (Å²) in [7, 11) is 2.60. The van der Waals surface area contributed by atoms with Crippen LogP contribution in [-0.4, -0.2) is 53.8 Å². The van der Waals surface area contributed by atoms with Crippen LogP contribution in [0, 0.1) is 0 Å². The Morgan fingerprint density at radius 1 is 0.810 bits per heavy atom. The van der Waals surface area contributed by atoms with Crippen LogP contribution in [0.3, 0.4) is 0 Å². The number of esters is 2. The molecular formula is C44H53F3N2O9. The fourth-order valence-electron chi connectivity index (χ4n) is 6.07. The van der Waals surface area contributed by atoms with Crippen LogP contribution < -0.4 is 9.47 Å². The number of nitrogens with zero attached hydrogens (tertiary/aromatic N) is 2. The quantitative estimate of drug-likeness (QED) is 0.0466. The van der Waals surface area contributed by atoms with Crippen molar-refractivity contribution in [2.75, 3.05) is 14.2 Å². The van der Waals surface area contributed by atoms with Crippen molar-refractivity contribution in [1.82, 2.24) is 9.97 Å². The number of benzene rings is 2. The van der Waals surface area contributed by atoms with Gasteiger partial charge in [-0.15, -0.1) is 0 Å². The SMILES string of the molecule is CCCCCCCCCCCCC1=C(OC(C)=O)C(=O)c2ccccc2C1=O.CO/C=C(/C(=O)OC)c1ccccc1COc1cc(C(F)(F)F)nc(OC(C)C)n1. The maximum absolute atomic E-state index is 13.2. The number of fused-ring (bicyclic) bond motifs is 1. The van der Waals surface area contributed by atoms with Crippen molar-refractivity contribution in [3.63, 3.8) is 0 Å². The number of rotatable bonds is 20. The number of halogens is 3. The molecule has 0 bridgehead atoms. The largest absolute Gasteiger partial charge is 0.503 e. The fraction of sp³-hybridized carbons (Fsp3) is 0.455. The first-order chi connectivity index (χ1) is 27.7. The normalized spacial score (nSPS) is 12.8. The third kappa shape index (κ3) is 14.4. The van der Waals surface area contributed by atoms with Gasteiger partial charge >= 0.3 is 24.1 Å². The molecule has 0 radical (unpaired) electrons. The van der Waals surface area contributed by atoms with Gasteiger partial charge in [-0.3, -0.25) is 14.4 Å². The Morgan fingerprint density at radius 2 is 1.40 bits per heavy atom. The van der Waals surface area contributed by atoms with Gasteiger partial charge in [-0.2, -0.15) is 23.1 Å². The summed E-state index contributed by atoms with van der Waals surface area (Å²) in [6.07, 6.45) is 8.53. The first-order valence-corrected chi connectivity index (χ1v) is 19.5. The zero-order valence-electron chi connectivity index (χ0n) is 34.0. The Bertz CT molecular complexity index is 1920. The molecule has 314 valence electrons. The van der Waals surface area contributed by atoms with Crippen molar-refractivity contribution >= 4 is 29.1 Å². The smallest absolute Gasteiger partial charge is 0.433 e. The summed E-state index contributed by atoms with van der Waals surface area (Å²) in [6.45, 7) is 6.58. The number of ether oxygens (including phenoxy) is 5. The van der Waals surface area contributed by atoms with E-state index in [9.17, 15) is 32.3 Å². The van der Waals surface area contributed by atoms with Gasteiger partial charge in [0.15, 0.2) is 17.2 Å². The Hall–Kier alpha value is -5.53. The molecule has 58 heavy (non-hydrogen) atoms. The van der Waals surface area contributed by atoms with Crippen LogP contribution in [-0.2, 0) is 36.6 Å². The van der Waals surface area contributed by atoms with Crippen molar-refractivity contribution in [3.05, 3.63) is 100 Å². The molecule has 1 aromatic heterocycles. The number of alkyl halides is 3. The van der Waals surface area contributed by atoms with Crippen LogP contribution >= 0.6 is 0 Å². The molecular weight excluding hydrogens is 757 g/mol. The van der Waals surface area contributed by atoms with Crippen molar-refractivity contribution < 1.29 is 56.0 Å². The number of methoxy groups -OCH3 is 2. The number of Topliss-reactive ketones (excluding diaryl/α,β-unsaturated/α-hetero) is 2. The summed E-state index contributed by atoms with van der Waals surface area (Å²) in [4.78, 5) is 56.3. The highest BCUT2D eigenvalue weighted by Crippen LogP contribution is 2.32. The molecule has 0 fully saturated rings. The van der Waals surface area contributed by atoms with E-state index in [4.69, 9.17) is 23.7 Å². The van der Waals surface area contributed by atoms with E-state index in [2.05, 4.69) is 16.9 Å². The van der Waals surface area contributed by atoms with Crippen LogP contribution in [0.1, 0.15) is 136 Å². The molecule has 0 unspecified atom stereocenters. The second-order valence-corrected chi connectivity index (χ2v) is 13.8. The second-order valence-electron chi connectivity index (χ2n) is 13.8. The van der Waals surface area contributed by atoms with E-state index in [1.54, 1.807) is 62.4 Å². The van der Waals surface area contributed by atoms with Gasteiger partial charge in [-0.25, -0.2) is 4.79 Å². The van der Waals surface area contributed by atoms with E-state index in [1.807, 2.05) is 0 Å². The number of aromatic nitrogens is 2. The average molecular weight is 811 g/mol. The van der Waals surface area contributed by atoms with E-state index >= 15 is 0 Å². The fourth-order valence-corrected chi connectivity index (χ4v) is 6.07. The molecule has 2 aromatic carbocycles. The minimum atomic E-state index is -4.70. The third-order valence-electron chi connectivity index (χ3n) is 8.83. The Balaban J connectivity index is 0.000000311. The molecule has 0 aliphatic heterocycles. The monoisotopic (exact) mass is 810 g/mol. The molecule has 1 heterocycles. The van der Waals surface area contributed by atoms with E-state index in [0.29, 0.717) is 40.3 Å². The molecule has 1 aliphatic rings. The minimum absolute atomic E-state index is 0.0767. The lowest BCUT2D eigenvalue weighted by Gasteiger charge is -2.20. The molecule has 0 saturated heterocycles. The molecule has 0 atom stereocenters. The topological polar surface area (TPSA) is 140 Å². The van der Waals surface area contributed by atoms with E-state index < -0.39 is 35.9 Å². The second kappa shape index (κ2) is 23.6. The third-order valence-corrected chi connectivity index (χ3v) is 8.83. The van der Waals surface area contributed by atoms with Gasteiger partial charge in [0.25, 0.3) is 0 Å². The number of allylic oxidation sites excluding steroid dienone is 2. The van der Waals surface area contributed by atoms with Gasteiger partial charge in [0, 0.05) is 29.7 Å². The highest BCUT2D eigenvalue weighted by Gasteiger charge is 2.35. The minimum Gasteiger partial charge on any atom is -0.503 e. The average Bonchev–Trinajstić information content (AvgIpc) is 3.19. The molecule has 0 spiro atoms. The van der Waals surface area contributed by atoms with Gasteiger partial charge in [-0.05, 0) is 37.8 Å². The van der Waals surface area contributed by atoms with Crippen molar-refractivity contribution in [2.24, 2.45) is 0 Å². The maximum Gasteiger partial charge on any atom is 0.433 e. The Kier molecular flexibility index (Phi) is 19.1. The summed E-state index contributed by atoms with van der Waals surface area (Å²) in [5, 5.41) is 0. The molecule has 3 aromatic rings. The number of carbonyl (C=O) groups is 4. The van der Waals surface area contributed by atoms with Crippen LogP contribution in [0.4, 0.5) is 13.2 Å². The van der Waals surface area contributed by atoms with Gasteiger partial charge < -0.3 is 23.7 Å². The van der Waals surface area contributed by atoms with Gasteiger partial charge in [0.1, 0.15) is 12.2 Å². The predicted octanol–water partition coefficient (Wildman–Crippen LogP) is 10.2. The summed E-state index contributed by atoms with van der Waals surface area (Å²) in [5.41, 5.74) is 0.951. The number of carbonyl (C=O) groups excluding carboxylic acids is 4. The van der Waals surface area contributed by atoms with Crippen molar-refractivity contribution in [3.8, 4) is 11.9 Å². The molecule has 0 saturated carbocycles. The summed E-state index contributed by atoms with van der Waals surface area (Å²) >= 11 is 0. The summed E-state index contributed by atoms with van der Waals surface area (Å²) in [5.74, 6) is -2.17.